The average Bonchev–Trinajstić information content (AvgIpc) is 2.49. The van der Waals surface area contributed by atoms with Crippen molar-refractivity contribution >= 4 is 5.69 Å². The summed E-state index contributed by atoms with van der Waals surface area (Å²) in [6.07, 6.45) is 0.0350. The number of nitrogens with zero attached hydrogens (tertiary/aromatic N) is 1. The summed E-state index contributed by atoms with van der Waals surface area (Å²) in [6.45, 7) is 11.2. The number of hydrogen-bond donors (Lipinski definition) is 0. The molecule has 1 atom stereocenters. The smallest absolute Gasteiger partial charge is 0.169 e. The van der Waals surface area contributed by atoms with Gasteiger partial charge in [-0.3, -0.25) is 0 Å². The van der Waals surface area contributed by atoms with Crippen molar-refractivity contribution in [2.75, 3.05) is 11.4 Å². The summed E-state index contributed by atoms with van der Waals surface area (Å²) in [5.74, 6) is 1.56. The average molecular weight is 313 g/mol. The van der Waals surface area contributed by atoms with Crippen LogP contribution in [0.5, 0.6) is 11.5 Å². The molecule has 0 heterocycles. The van der Waals surface area contributed by atoms with Gasteiger partial charge < -0.3 is 14.4 Å². The first-order chi connectivity index (χ1) is 11.0. The highest BCUT2D eigenvalue weighted by molar-refractivity contribution is 5.49. The zero-order valence-corrected chi connectivity index (χ0v) is 14.7. The molecule has 0 bridgehead atoms. The Morgan fingerprint density at radius 1 is 0.913 bits per heavy atom. The van der Waals surface area contributed by atoms with Crippen LogP contribution < -0.4 is 14.4 Å². The van der Waals surface area contributed by atoms with E-state index in [0.29, 0.717) is 0 Å². The van der Waals surface area contributed by atoms with Gasteiger partial charge in [0.05, 0.1) is 6.10 Å². The molecule has 23 heavy (non-hydrogen) atoms. The van der Waals surface area contributed by atoms with E-state index in [1.165, 1.54) is 11.3 Å². The van der Waals surface area contributed by atoms with Crippen LogP contribution in [0.2, 0.25) is 0 Å². The van der Waals surface area contributed by atoms with Gasteiger partial charge in [0.2, 0.25) is 0 Å². The van der Waals surface area contributed by atoms with E-state index in [4.69, 9.17) is 9.47 Å². The Morgan fingerprint density at radius 2 is 1.57 bits per heavy atom. The Hall–Kier alpha value is -2.16. The second-order valence-corrected chi connectivity index (χ2v) is 5.96. The summed E-state index contributed by atoms with van der Waals surface area (Å²) in [5, 5.41) is 0. The van der Waals surface area contributed by atoms with E-state index >= 15 is 0 Å². The molecule has 3 heteroatoms. The van der Waals surface area contributed by atoms with E-state index in [9.17, 15) is 0 Å². The molecule has 0 radical (unpaired) electrons. The molecule has 0 spiro atoms. The van der Waals surface area contributed by atoms with Crippen molar-refractivity contribution in [3.63, 3.8) is 0 Å². The maximum absolute atomic E-state index is 6.19. The van der Waals surface area contributed by atoms with Crippen molar-refractivity contribution in [2.24, 2.45) is 0 Å². The van der Waals surface area contributed by atoms with Gasteiger partial charge in [-0.25, -0.2) is 0 Å². The molecule has 0 aliphatic rings. The van der Waals surface area contributed by atoms with Crippen LogP contribution in [0.15, 0.2) is 48.5 Å². The van der Waals surface area contributed by atoms with E-state index in [1.54, 1.807) is 0 Å². The van der Waals surface area contributed by atoms with Crippen LogP contribution in [-0.4, -0.2) is 18.9 Å². The van der Waals surface area contributed by atoms with E-state index in [2.05, 4.69) is 49.9 Å². The molecule has 0 saturated heterocycles. The lowest BCUT2D eigenvalue weighted by Gasteiger charge is -2.31. The van der Waals surface area contributed by atoms with Gasteiger partial charge in [-0.15, -0.1) is 0 Å². The standard InChI is InChI=1S/C20H27NO2/c1-6-21(18-11-9-10-16(4)14-18)17(5)23-20-13-8-7-12-19(20)22-15(2)3/h7-15,17H,6H2,1-5H3. The predicted octanol–water partition coefficient (Wildman–Crippen LogP) is 5.03. The molecule has 0 N–H and O–H groups in total. The Bertz CT molecular complexity index is 625. The number of rotatable bonds is 7. The normalized spacial score (nSPS) is 12.1. The van der Waals surface area contributed by atoms with Crippen LogP contribution in [0.25, 0.3) is 0 Å². The van der Waals surface area contributed by atoms with E-state index < -0.39 is 0 Å². The summed E-state index contributed by atoms with van der Waals surface area (Å²) in [7, 11) is 0. The molecule has 0 fully saturated rings. The van der Waals surface area contributed by atoms with Crippen molar-refractivity contribution in [1.29, 1.82) is 0 Å². The lowest BCUT2D eigenvalue weighted by atomic mass is 10.2. The second kappa shape index (κ2) is 7.91. The molecular weight excluding hydrogens is 286 g/mol. The van der Waals surface area contributed by atoms with Gasteiger partial charge in [0.25, 0.3) is 0 Å². The number of hydrogen-bond acceptors (Lipinski definition) is 3. The number of para-hydroxylation sites is 2. The molecule has 0 saturated carbocycles. The van der Waals surface area contributed by atoms with Crippen LogP contribution in [0.3, 0.4) is 0 Å². The molecule has 1 unspecified atom stereocenters. The lowest BCUT2D eigenvalue weighted by molar-refractivity contribution is 0.186. The number of anilines is 1. The SMILES string of the molecule is CCN(c1cccc(C)c1)C(C)Oc1ccccc1OC(C)C. The van der Waals surface area contributed by atoms with Crippen molar-refractivity contribution < 1.29 is 9.47 Å². The van der Waals surface area contributed by atoms with Gasteiger partial charge >= 0.3 is 0 Å². The van der Waals surface area contributed by atoms with Crippen molar-refractivity contribution in [1.82, 2.24) is 0 Å². The summed E-state index contributed by atoms with van der Waals surface area (Å²) in [5.41, 5.74) is 2.42. The van der Waals surface area contributed by atoms with Crippen molar-refractivity contribution in [3.8, 4) is 11.5 Å². The third-order valence-electron chi connectivity index (χ3n) is 3.62. The summed E-state index contributed by atoms with van der Waals surface area (Å²) in [4.78, 5) is 2.24. The molecule has 0 aliphatic heterocycles. The lowest BCUT2D eigenvalue weighted by Crippen LogP contribution is -2.37. The van der Waals surface area contributed by atoms with Crippen LogP contribution >= 0.6 is 0 Å². The van der Waals surface area contributed by atoms with Crippen LogP contribution in [0.4, 0.5) is 5.69 Å². The third kappa shape index (κ3) is 4.65. The fraction of sp³-hybridized carbons (Fsp3) is 0.400. The largest absolute Gasteiger partial charge is 0.487 e. The summed E-state index contributed by atoms with van der Waals surface area (Å²) in [6, 6.07) is 16.3. The first kappa shape index (κ1) is 17.2. The quantitative estimate of drug-likeness (QED) is 0.669. The number of ether oxygens (including phenoxy) is 2. The van der Waals surface area contributed by atoms with Gasteiger partial charge in [0, 0.05) is 12.2 Å². The first-order valence-electron chi connectivity index (χ1n) is 8.27. The molecular formula is C20H27NO2. The van der Waals surface area contributed by atoms with Gasteiger partial charge in [0.1, 0.15) is 0 Å². The molecule has 0 aliphatic carbocycles. The highest BCUT2D eigenvalue weighted by Gasteiger charge is 2.16. The van der Waals surface area contributed by atoms with E-state index in [-0.39, 0.29) is 12.3 Å². The minimum Gasteiger partial charge on any atom is -0.487 e. The third-order valence-corrected chi connectivity index (χ3v) is 3.62. The Morgan fingerprint density at radius 3 is 2.13 bits per heavy atom. The van der Waals surface area contributed by atoms with Crippen LogP contribution in [0, 0.1) is 6.92 Å². The number of benzene rings is 2. The van der Waals surface area contributed by atoms with E-state index in [1.807, 2.05) is 38.1 Å². The molecule has 0 amide bonds. The zero-order chi connectivity index (χ0) is 16.8. The fourth-order valence-electron chi connectivity index (χ4n) is 2.60. The topological polar surface area (TPSA) is 21.7 Å². The molecule has 2 rings (SSSR count). The molecule has 3 nitrogen and oxygen atoms in total. The van der Waals surface area contributed by atoms with Gasteiger partial charge in [-0.1, -0.05) is 24.3 Å². The van der Waals surface area contributed by atoms with Gasteiger partial charge in [-0.05, 0) is 64.4 Å². The highest BCUT2D eigenvalue weighted by Crippen LogP contribution is 2.30. The Kier molecular flexibility index (Phi) is 5.91. The summed E-state index contributed by atoms with van der Waals surface area (Å²) >= 11 is 0. The van der Waals surface area contributed by atoms with Crippen molar-refractivity contribution in [2.45, 2.75) is 47.0 Å². The minimum atomic E-state index is -0.0845. The maximum Gasteiger partial charge on any atom is 0.169 e. The first-order valence-corrected chi connectivity index (χ1v) is 8.27. The van der Waals surface area contributed by atoms with Gasteiger partial charge in [-0.2, -0.15) is 0 Å². The van der Waals surface area contributed by atoms with E-state index in [0.717, 1.165) is 18.0 Å². The highest BCUT2D eigenvalue weighted by atomic mass is 16.5. The van der Waals surface area contributed by atoms with Crippen LogP contribution in [-0.2, 0) is 0 Å². The van der Waals surface area contributed by atoms with Crippen molar-refractivity contribution in [3.05, 3.63) is 54.1 Å². The zero-order valence-electron chi connectivity index (χ0n) is 14.7. The minimum absolute atomic E-state index is 0.0845. The maximum atomic E-state index is 6.19. The number of aryl methyl sites for hydroxylation is 1. The van der Waals surface area contributed by atoms with Gasteiger partial charge in [0.15, 0.2) is 17.7 Å². The molecule has 124 valence electrons. The fourth-order valence-corrected chi connectivity index (χ4v) is 2.60. The molecule has 2 aromatic rings. The Labute approximate surface area is 139 Å². The second-order valence-electron chi connectivity index (χ2n) is 5.96. The predicted molar refractivity (Wildman–Crippen MR) is 96.5 cm³/mol. The molecule has 2 aromatic carbocycles. The monoisotopic (exact) mass is 313 g/mol. The Balaban J connectivity index is 2.18. The van der Waals surface area contributed by atoms with Crippen LogP contribution in [0.1, 0.15) is 33.3 Å². The summed E-state index contributed by atoms with van der Waals surface area (Å²) < 4.78 is 12.0. The molecule has 0 aromatic heterocycles.